The van der Waals surface area contributed by atoms with Crippen molar-refractivity contribution in [1.82, 2.24) is 5.32 Å². The van der Waals surface area contributed by atoms with Gasteiger partial charge in [0.05, 0.1) is 0 Å². The lowest BCUT2D eigenvalue weighted by Crippen LogP contribution is -2.30. The highest BCUT2D eigenvalue weighted by atomic mass is 16.5. The summed E-state index contributed by atoms with van der Waals surface area (Å²) in [5.41, 5.74) is 2.54. The number of carbonyl (C=O) groups is 3. The smallest absolute Gasteiger partial charge is 0.265 e. The van der Waals surface area contributed by atoms with Gasteiger partial charge >= 0.3 is 0 Å². The Kier molecular flexibility index (Phi) is 4.52. The maximum atomic E-state index is 12.3. The van der Waals surface area contributed by atoms with Crippen LogP contribution in [0.5, 0.6) is 5.75 Å². The fourth-order valence-electron chi connectivity index (χ4n) is 2.58. The van der Waals surface area contributed by atoms with Crippen LogP contribution in [0.15, 0.2) is 42.5 Å². The Morgan fingerprint density at radius 2 is 2.00 bits per heavy atom. The fraction of sp³-hybridized carbons (Fsp3) is 0.211. The summed E-state index contributed by atoms with van der Waals surface area (Å²) in [6, 6.07) is 11.9. The number of hydrogen-bond donors (Lipinski definition) is 2. The molecule has 1 aliphatic rings. The lowest BCUT2D eigenvalue weighted by Gasteiger charge is -2.15. The predicted octanol–water partition coefficient (Wildman–Crippen LogP) is 2.54. The summed E-state index contributed by atoms with van der Waals surface area (Å²) in [7, 11) is 0. The Bertz CT molecular complexity index is 860. The quantitative estimate of drug-likeness (QED) is 0.821. The molecule has 2 amide bonds. The van der Waals surface area contributed by atoms with E-state index in [1.54, 1.807) is 43.3 Å². The van der Waals surface area contributed by atoms with Crippen LogP contribution in [0.3, 0.4) is 0 Å². The first-order valence-corrected chi connectivity index (χ1v) is 7.93. The topological polar surface area (TPSA) is 84.5 Å². The number of rotatable bonds is 5. The largest absolute Gasteiger partial charge is 0.481 e. The van der Waals surface area contributed by atoms with E-state index in [1.165, 1.54) is 6.92 Å². The van der Waals surface area contributed by atoms with Crippen molar-refractivity contribution in [3.8, 4) is 5.75 Å². The highest BCUT2D eigenvalue weighted by molar-refractivity contribution is 6.01. The molecule has 0 fully saturated rings. The summed E-state index contributed by atoms with van der Waals surface area (Å²) in [5.74, 6) is -0.106. The summed E-state index contributed by atoms with van der Waals surface area (Å²) in [4.78, 5) is 35.4. The number of fused-ring (bicyclic) bond motifs is 1. The Morgan fingerprint density at radius 1 is 1.20 bits per heavy atom. The number of nitrogens with one attached hydrogen (secondary N) is 2. The molecule has 2 N–H and O–H groups in total. The Hall–Kier alpha value is -3.15. The molecule has 0 bridgehead atoms. The third-order valence-corrected chi connectivity index (χ3v) is 3.98. The van der Waals surface area contributed by atoms with Crippen LogP contribution in [0.25, 0.3) is 0 Å². The summed E-state index contributed by atoms with van der Waals surface area (Å²) in [6.45, 7) is 3.60. The zero-order valence-electron chi connectivity index (χ0n) is 14.0. The normalized spacial score (nSPS) is 13.6. The van der Waals surface area contributed by atoms with Gasteiger partial charge < -0.3 is 15.4 Å². The van der Waals surface area contributed by atoms with Crippen molar-refractivity contribution < 1.29 is 19.1 Å². The van der Waals surface area contributed by atoms with Gasteiger partial charge in [0.15, 0.2) is 11.9 Å². The van der Waals surface area contributed by atoms with E-state index < -0.39 is 6.10 Å². The second-order valence-electron chi connectivity index (χ2n) is 5.89. The first-order valence-electron chi connectivity index (χ1n) is 7.93. The lowest BCUT2D eigenvalue weighted by atomic mass is 10.1. The zero-order chi connectivity index (χ0) is 18.0. The van der Waals surface area contributed by atoms with E-state index in [0.29, 0.717) is 29.1 Å². The molecule has 3 rings (SSSR count). The molecule has 0 radical (unpaired) electrons. The molecule has 0 saturated carbocycles. The zero-order valence-corrected chi connectivity index (χ0v) is 14.0. The minimum absolute atomic E-state index is 0.0704. The van der Waals surface area contributed by atoms with E-state index >= 15 is 0 Å². The highest BCUT2D eigenvalue weighted by Crippen LogP contribution is 2.21. The van der Waals surface area contributed by atoms with Gasteiger partial charge in [-0.1, -0.05) is 18.2 Å². The molecule has 25 heavy (non-hydrogen) atoms. The monoisotopic (exact) mass is 338 g/mol. The molecular weight excluding hydrogens is 320 g/mol. The Labute approximate surface area is 145 Å². The molecule has 0 aromatic heterocycles. The van der Waals surface area contributed by atoms with Gasteiger partial charge in [-0.05, 0) is 43.7 Å². The van der Waals surface area contributed by atoms with Crippen molar-refractivity contribution in [3.05, 3.63) is 59.2 Å². The van der Waals surface area contributed by atoms with E-state index in [1.807, 2.05) is 6.07 Å². The van der Waals surface area contributed by atoms with Crippen molar-refractivity contribution >= 4 is 23.3 Å². The number of benzene rings is 2. The Morgan fingerprint density at radius 3 is 2.76 bits per heavy atom. The predicted molar refractivity (Wildman–Crippen MR) is 92.8 cm³/mol. The highest BCUT2D eigenvalue weighted by Gasteiger charge is 2.20. The standard InChI is InChI=1S/C19H18N2O4/c1-11(22)13-4-3-5-16(8-13)25-12(2)18(23)21-15-7-6-14-10-20-19(24)17(14)9-15/h3-9,12H,10H2,1-2H3,(H,20,24)(H,21,23). The minimum Gasteiger partial charge on any atom is -0.481 e. The molecule has 6 nitrogen and oxygen atoms in total. The second kappa shape index (κ2) is 6.76. The fourth-order valence-corrected chi connectivity index (χ4v) is 2.58. The summed E-state index contributed by atoms with van der Waals surface area (Å²) >= 11 is 0. The van der Waals surface area contributed by atoms with Crippen molar-refractivity contribution in [2.24, 2.45) is 0 Å². The van der Waals surface area contributed by atoms with E-state index in [4.69, 9.17) is 4.74 Å². The molecule has 0 spiro atoms. The van der Waals surface area contributed by atoms with Crippen LogP contribution in [-0.2, 0) is 11.3 Å². The Balaban J connectivity index is 1.67. The van der Waals surface area contributed by atoms with Crippen LogP contribution in [0.1, 0.15) is 40.1 Å². The second-order valence-corrected chi connectivity index (χ2v) is 5.89. The van der Waals surface area contributed by atoms with Gasteiger partial charge in [-0.3, -0.25) is 14.4 Å². The van der Waals surface area contributed by atoms with Crippen molar-refractivity contribution in [2.75, 3.05) is 5.32 Å². The van der Waals surface area contributed by atoms with Crippen molar-refractivity contribution in [1.29, 1.82) is 0 Å². The number of ether oxygens (including phenoxy) is 1. The van der Waals surface area contributed by atoms with E-state index in [-0.39, 0.29) is 17.6 Å². The number of Topliss-reactive ketones (excluding diaryl/α,β-unsaturated/α-hetero) is 1. The summed E-state index contributed by atoms with van der Waals surface area (Å²) < 4.78 is 5.61. The maximum absolute atomic E-state index is 12.3. The molecule has 2 aromatic carbocycles. The van der Waals surface area contributed by atoms with Gasteiger partial charge in [-0.2, -0.15) is 0 Å². The van der Waals surface area contributed by atoms with Gasteiger partial charge in [0.2, 0.25) is 0 Å². The molecule has 1 atom stereocenters. The SMILES string of the molecule is CC(=O)c1cccc(OC(C)C(=O)Nc2ccc3c(c2)C(=O)NC3)c1. The average Bonchev–Trinajstić information content (AvgIpc) is 2.96. The van der Waals surface area contributed by atoms with Crippen LogP contribution in [0.2, 0.25) is 0 Å². The molecule has 0 aliphatic carbocycles. The van der Waals surface area contributed by atoms with E-state index in [9.17, 15) is 14.4 Å². The molecule has 128 valence electrons. The minimum atomic E-state index is -0.760. The maximum Gasteiger partial charge on any atom is 0.265 e. The molecule has 1 heterocycles. The van der Waals surface area contributed by atoms with Crippen LogP contribution >= 0.6 is 0 Å². The number of carbonyl (C=O) groups excluding carboxylic acids is 3. The molecule has 6 heteroatoms. The first-order chi connectivity index (χ1) is 11.9. The molecule has 0 saturated heterocycles. The van der Waals surface area contributed by atoms with E-state index in [0.717, 1.165) is 5.56 Å². The van der Waals surface area contributed by atoms with Crippen LogP contribution < -0.4 is 15.4 Å². The van der Waals surface area contributed by atoms with Crippen LogP contribution in [0, 0.1) is 0 Å². The van der Waals surface area contributed by atoms with Crippen LogP contribution in [-0.4, -0.2) is 23.7 Å². The third-order valence-electron chi connectivity index (χ3n) is 3.98. The average molecular weight is 338 g/mol. The van der Waals surface area contributed by atoms with E-state index in [2.05, 4.69) is 10.6 Å². The number of hydrogen-bond acceptors (Lipinski definition) is 4. The molecule has 2 aromatic rings. The lowest BCUT2D eigenvalue weighted by molar-refractivity contribution is -0.122. The van der Waals surface area contributed by atoms with Gasteiger partial charge in [-0.25, -0.2) is 0 Å². The van der Waals surface area contributed by atoms with Gasteiger partial charge in [0.1, 0.15) is 5.75 Å². The molecular formula is C19H18N2O4. The first kappa shape index (κ1) is 16.7. The van der Waals surface area contributed by atoms with Crippen molar-refractivity contribution in [2.45, 2.75) is 26.5 Å². The summed E-state index contributed by atoms with van der Waals surface area (Å²) in [5, 5.41) is 5.47. The molecule has 1 aliphatic heterocycles. The van der Waals surface area contributed by atoms with Crippen LogP contribution in [0.4, 0.5) is 5.69 Å². The number of ketones is 1. The number of anilines is 1. The molecule has 1 unspecified atom stereocenters. The van der Waals surface area contributed by atoms with Crippen molar-refractivity contribution in [3.63, 3.8) is 0 Å². The van der Waals surface area contributed by atoms with Gasteiger partial charge in [0, 0.05) is 23.4 Å². The number of amides is 2. The van der Waals surface area contributed by atoms with Gasteiger partial charge in [0.25, 0.3) is 11.8 Å². The third kappa shape index (κ3) is 3.68. The summed E-state index contributed by atoms with van der Waals surface area (Å²) in [6.07, 6.45) is -0.760. The van der Waals surface area contributed by atoms with Gasteiger partial charge in [-0.15, -0.1) is 0 Å².